The van der Waals surface area contributed by atoms with Gasteiger partial charge in [0.25, 0.3) is 0 Å². The van der Waals surface area contributed by atoms with E-state index in [0.29, 0.717) is 51.3 Å². The largest absolute Gasteiger partial charge is 0.496 e. The molecule has 4 rings (SSSR count). The Morgan fingerprint density at radius 2 is 1.73 bits per heavy atom. The van der Waals surface area contributed by atoms with Gasteiger partial charge in [-0.1, -0.05) is 0 Å². The Hall–Kier alpha value is -2.65. The summed E-state index contributed by atoms with van der Waals surface area (Å²) in [5.74, 6) is 0.0411. The molecule has 2 aromatic carbocycles. The predicted molar refractivity (Wildman–Crippen MR) is 124 cm³/mol. The number of piperidine rings is 1. The summed E-state index contributed by atoms with van der Waals surface area (Å²) in [5, 5.41) is 0. The number of methoxy groups -OCH3 is 1. The van der Waals surface area contributed by atoms with E-state index in [1.165, 1.54) is 16.4 Å². The van der Waals surface area contributed by atoms with Gasteiger partial charge in [0.2, 0.25) is 15.9 Å². The highest BCUT2D eigenvalue weighted by atomic mass is 32.2. The maximum Gasteiger partial charge on any atom is 0.243 e. The van der Waals surface area contributed by atoms with E-state index in [-0.39, 0.29) is 29.1 Å². The first-order chi connectivity index (χ1) is 15.8. The van der Waals surface area contributed by atoms with Crippen molar-refractivity contribution in [1.82, 2.24) is 9.21 Å². The fraction of sp³-hybridized carbons (Fsp3) is 0.458. The first-order valence-electron chi connectivity index (χ1n) is 11.2. The van der Waals surface area contributed by atoms with Crippen molar-refractivity contribution in [3.63, 3.8) is 0 Å². The minimum atomic E-state index is -3.69. The lowest BCUT2D eigenvalue weighted by Crippen LogP contribution is -2.53. The Kier molecular flexibility index (Phi) is 6.90. The molecule has 33 heavy (non-hydrogen) atoms. The molecule has 2 aliphatic heterocycles. The number of amides is 1. The number of carbonyl (C=O) groups excluding carboxylic acids is 1. The first-order valence-corrected chi connectivity index (χ1v) is 12.7. The van der Waals surface area contributed by atoms with Gasteiger partial charge >= 0.3 is 0 Å². The van der Waals surface area contributed by atoms with Gasteiger partial charge < -0.3 is 14.5 Å². The molecule has 0 aromatic heterocycles. The molecule has 178 valence electrons. The van der Waals surface area contributed by atoms with Gasteiger partial charge in [-0.25, -0.2) is 12.8 Å². The topological polar surface area (TPSA) is 70.2 Å². The van der Waals surface area contributed by atoms with E-state index in [1.807, 2.05) is 11.8 Å². The fourth-order valence-corrected chi connectivity index (χ4v) is 6.23. The molecule has 7 nitrogen and oxygen atoms in total. The summed E-state index contributed by atoms with van der Waals surface area (Å²) in [6.45, 7) is 4.88. The molecule has 0 bridgehead atoms. The molecule has 2 heterocycles. The van der Waals surface area contributed by atoms with Crippen molar-refractivity contribution < 1.29 is 22.3 Å². The van der Waals surface area contributed by atoms with Crippen LogP contribution >= 0.6 is 0 Å². The third-order valence-corrected chi connectivity index (χ3v) is 8.38. The maximum atomic E-state index is 13.2. The van der Waals surface area contributed by atoms with Crippen molar-refractivity contribution in [1.29, 1.82) is 0 Å². The number of hydrogen-bond donors (Lipinski definition) is 0. The number of hydrogen-bond acceptors (Lipinski definition) is 5. The summed E-state index contributed by atoms with van der Waals surface area (Å²) < 4.78 is 46.3. The molecule has 0 spiro atoms. The van der Waals surface area contributed by atoms with E-state index in [0.717, 1.165) is 11.3 Å². The Bertz CT molecular complexity index is 1100. The Balaban J connectivity index is 1.39. The van der Waals surface area contributed by atoms with Gasteiger partial charge in [-0.3, -0.25) is 4.79 Å². The lowest BCUT2D eigenvalue weighted by atomic mass is 9.97. The quantitative estimate of drug-likeness (QED) is 0.665. The minimum Gasteiger partial charge on any atom is -0.496 e. The average Bonchev–Trinajstić information content (AvgIpc) is 2.84. The van der Waals surface area contributed by atoms with Gasteiger partial charge in [0.1, 0.15) is 11.6 Å². The molecule has 1 amide bonds. The lowest BCUT2D eigenvalue weighted by Gasteiger charge is -2.39. The van der Waals surface area contributed by atoms with Gasteiger partial charge in [0, 0.05) is 45.0 Å². The van der Waals surface area contributed by atoms with Crippen LogP contribution in [0.3, 0.4) is 0 Å². The van der Waals surface area contributed by atoms with E-state index in [2.05, 4.69) is 4.90 Å². The second kappa shape index (κ2) is 9.69. The summed E-state index contributed by atoms with van der Waals surface area (Å²) in [6, 6.07) is 11.2. The molecular weight excluding hydrogens is 445 g/mol. The second-order valence-electron chi connectivity index (χ2n) is 8.62. The van der Waals surface area contributed by atoms with Crippen LogP contribution in [0.15, 0.2) is 47.4 Å². The number of anilines is 1. The minimum absolute atomic E-state index is 0.0135. The highest BCUT2D eigenvalue weighted by Crippen LogP contribution is 2.28. The van der Waals surface area contributed by atoms with Crippen LogP contribution in [0.4, 0.5) is 10.1 Å². The molecular formula is C24H30FN3O4S. The number of sulfonamides is 1. The van der Waals surface area contributed by atoms with E-state index in [4.69, 9.17) is 4.74 Å². The monoisotopic (exact) mass is 475 g/mol. The zero-order valence-corrected chi connectivity index (χ0v) is 19.9. The summed E-state index contributed by atoms with van der Waals surface area (Å²) >= 11 is 0. The molecule has 2 aromatic rings. The zero-order valence-electron chi connectivity index (χ0n) is 19.0. The standard InChI is InChI=1S/C24H30FN3O4S/c1-18-16-22(9-10-23(18)32-2)33(30,31)28-11-3-4-19(17-28)24(29)27-14-12-26(13-15-27)21-7-5-20(25)6-8-21/h5-10,16,19H,3-4,11-15,17H2,1-2H3/t19-/m0/s1. The van der Waals surface area contributed by atoms with Crippen molar-refractivity contribution in [3.05, 3.63) is 53.8 Å². The second-order valence-corrected chi connectivity index (χ2v) is 10.6. The molecule has 0 N–H and O–H groups in total. The van der Waals surface area contributed by atoms with E-state index in [1.54, 1.807) is 37.4 Å². The molecule has 1 atom stereocenters. The van der Waals surface area contributed by atoms with Crippen LogP contribution in [0.2, 0.25) is 0 Å². The van der Waals surface area contributed by atoms with Crippen LogP contribution in [-0.4, -0.2) is 69.9 Å². The molecule has 0 unspecified atom stereocenters. The molecule has 2 saturated heterocycles. The number of ether oxygens (including phenoxy) is 1. The maximum absolute atomic E-state index is 13.2. The number of rotatable bonds is 5. The summed E-state index contributed by atoms with van der Waals surface area (Å²) in [6.07, 6.45) is 1.34. The normalized spacial score (nSPS) is 20.0. The summed E-state index contributed by atoms with van der Waals surface area (Å²) in [5.41, 5.74) is 1.69. The van der Waals surface area contributed by atoms with Crippen molar-refractivity contribution in [2.75, 3.05) is 51.3 Å². The third kappa shape index (κ3) is 4.99. The van der Waals surface area contributed by atoms with Gasteiger partial charge in [-0.15, -0.1) is 0 Å². The fourth-order valence-electron chi connectivity index (χ4n) is 4.62. The van der Waals surface area contributed by atoms with Gasteiger partial charge in [0.05, 0.1) is 17.9 Å². The number of carbonyl (C=O) groups is 1. The third-order valence-electron chi connectivity index (χ3n) is 6.52. The first kappa shape index (κ1) is 23.5. The van der Waals surface area contributed by atoms with Crippen LogP contribution in [0, 0.1) is 18.7 Å². The van der Waals surface area contributed by atoms with Gasteiger partial charge in [0.15, 0.2) is 0 Å². The highest BCUT2D eigenvalue weighted by molar-refractivity contribution is 7.89. The number of aryl methyl sites for hydroxylation is 1. The van der Waals surface area contributed by atoms with Crippen LogP contribution in [-0.2, 0) is 14.8 Å². The Labute approximate surface area is 194 Å². The predicted octanol–water partition coefficient (Wildman–Crippen LogP) is 2.89. The van der Waals surface area contributed by atoms with Crippen LogP contribution in [0.1, 0.15) is 18.4 Å². The molecule has 0 radical (unpaired) electrons. The lowest BCUT2D eigenvalue weighted by molar-refractivity contribution is -0.137. The van der Waals surface area contributed by atoms with E-state index in [9.17, 15) is 17.6 Å². The van der Waals surface area contributed by atoms with Gasteiger partial charge in [-0.05, 0) is 67.8 Å². The molecule has 2 fully saturated rings. The van der Waals surface area contributed by atoms with Crippen molar-refractivity contribution in [2.45, 2.75) is 24.7 Å². The molecule has 0 saturated carbocycles. The number of nitrogens with zero attached hydrogens (tertiary/aromatic N) is 3. The molecule has 9 heteroatoms. The average molecular weight is 476 g/mol. The van der Waals surface area contributed by atoms with E-state index < -0.39 is 10.0 Å². The van der Waals surface area contributed by atoms with Crippen molar-refractivity contribution in [2.24, 2.45) is 5.92 Å². The SMILES string of the molecule is COc1ccc(S(=O)(=O)N2CCC[C@H](C(=O)N3CCN(c4ccc(F)cc4)CC3)C2)cc1C. The zero-order chi connectivity index (χ0) is 23.6. The summed E-state index contributed by atoms with van der Waals surface area (Å²) in [4.78, 5) is 17.4. The molecule has 0 aliphatic carbocycles. The smallest absolute Gasteiger partial charge is 0.243 e. The number of piperazine rings is 1. The van der Waals surface area contributed by atoms with Crippen LogP contribution in [0.5, 0.6) is 5.75 Å². The molecule has 2 aliphatic rings. The van der Waals surface area contributed by atoms with E-state index >= 15 is 0 Å². The Morgan fingerprint density at radius 1 is 1.03 bits per heavy atom. The van der Waals surface area contributed by atoms with Crippen LogP contribution in [0.25, 0.3) is 0 Å². The van der Waals surface area contributed by atoms with Crippen molar-refractivity contribution >= 4 is 21.6 Å². The van der Waals surface area contributed by atoms with Crippen molar-refractivity contribution in [3.8, 4) is 5.75 Å². The Morgan fingerprint density at radius 3 is 2.36 bits per heavy atom. The number of halogens is 1. The van der Waals surface area contributed by atoms with Gasteiger partial charge in [-0.2, -0.15) is 4.31 Å². The number of benzene rings is 2. The highest BCUT2D eigenvalue weighted by Gasteiger charge is 2.36. The summed E-state index contributed by atoms with van der Waals surface area (Å²) in [7, 11) is -2.13. The van der Waals surface area contributed by atoms with Crippen LogP contribution < -0.4 is 9.64 Å².